The van der Waals surface area contributed by atoms with Crippen molar-refractivity contribution in [2.75, 3.05) is 5.53 Å². The number of nitrogens with one attached hydrogen (secondary N) is 1. The van der Waals surface area contributed by atoms with Gasteiger partial charge in [-0.05, 0) is 180 Å². The number of carbonyl (C=O) groups is 4. The van der Waals surface area contributed by atoms with Crippen LogP contribution in [0.3, 0.4) is 0 Å². The number of allylic oxidation sites excluding steroid dienone is 5. The van der Waals surface area contributed by atoms with E-state index in [2.05, 4.69) is 5.53 Å². The maximum atomic E-state index is 14.0. The molecule has 4 aliphatic heterocycles. The summed E-state index contributed by atoms with van der Waals surface area (Å²) in [5.41, 5.74) is -3.90. The number of nitrogens with zero attached hydrogens (tertiary/aromatic N) is 3. The van der Waals surface area contributed by atoms with Gasteiger partial charge in [-0.2, -0.15) is 105 Å². The van der Waals surface area contributed by atoms with E-state index in [1.54, 1.807) is 24.9 Å². The number of nitrogens with two attached hydrogens (primary N) is 1. The van der Waals surface area contributed by atoms with Crippen molar-refractivity contribution in [2.24, 2.45) is 16.6 Å². The summed E-state index contributed by atoms with van der Waals surface area (Å²) >= 11 is 0. The molecule has 3 N–H and O–H groups in total. The summed E-state index contributed by atoms with van der Waals surface area (Å²) in [4.78, 5) is 60.5. The molecule has 616 valence electrons. The van der Waals surface area contributed by atoms with Gasteiger partial charge in [-0.3, -0.25) is 5.01 Å². The highest BCUT2D eigenvalue weighted by molar-refractivity contribution is 6.30. The van der Waals surface area contributed by atoms with E-state index in [0.29, 0.717) is 0 Å². The monoisotopic (exact) mass is 1690 g/mol. The molecule has 13 rings (SSSR count). The van der Waals surface area contributed by atoms with Gasteiger partial charge in [0.05, 0.1) is 107 Å². The topological polar surface area (TPSA) is 164 Å². The van der Waals surface area contributed by atoms with Crippen LogP contribution in [0.5, 0.6) is 23.0 Å². The predicted octanol–water partition coefficient (Wildman–Crippen LogP) is 20.4. The van der Waals surface area contributed by atoms with Crippen LogP contribution in [0.4, 0.5) is 105 Å². The van der Waals surface area contributed by atoms with Crippen LogP contribution in [-0.2, 0) is 49.4 Å². The number of rotatable bonds is 12. The Morgan fingerprint density at radius 1 is 0.370 bits per heavy atom. The Balaban J connectivity index is 1.000. The van der Waals surface area contributed by atoms with Gasteiger partial charge in [-0.15, -0.1) is 0 Å². The number of esters is 4. The molecular weight excluding hydrogens is 1640 g/mol. The molecule has 9 aromatic rings. The molecule has 0 amide bonds. The summed E-state index contributed by atoms with van der Waals surface area (Å²) in [5.74, 6) is -11.3. The van der Waals surface area contributed by atoms with Gasteiger partial charge >= 0.3 is 73.3 Å². The summed E-state index contributed by atoms with van der Waals surface area (Å²) in [6, 6.07) is 20.0. The number of fused-ring (bicyclic) bond motifs is 1. The van der Waals surface area contributed by atoms with Crippen LogP contribution >= 0.6 is 0 Å². The molecule has 0 spiro atoms. The zero-order valence-corrected chi connectivity index (χ0v) is 59.7. The molecule has 0 radical (unpaired) electrons. The second-order valence-corrected chi connectivity index (χ2v) is 27.0. The number of benzene rings is 8. The minimum Gasteiger partial charge on any atom is -0.423 e. The molecule has 5 heterocycles. The molecule has 3 atom stereocenters. The largest absolute Gasteiger partial charge is 0.423 e. The molecule has 4 aliphatic rings. The van der Waals surface area contributed by atoms with Gasteiger partial charge in [0.15, 0.2) is 0 Å². The first-order valence-electron chi connectivity index (χ1n) is 34.2. The molecule has 13 nitrogen and oxygen atoms in total. The molecule has 8 aromatic carbocycles. The van der Waals surface area contributed by atoms with E-state index in [4.69, 9.17) is 29.7 Å². The Labute approximate surface area is 652 Å². The summed E-state index contributed by atoms with van der Waals surface area (Å²) in [6.45, 7) is 3.27. The lowest BCUT2D eigenvalue weighted by Gasteiger charge is -2.37. The molecule has 0 aliphatic carbocycles. The number of hydrogen-bond donors (Lipinski definition) is 2. The Morgan fingerprint density at radius 2 is 0.664 bits per heavy atom. The average molecular weight is 1690 g/mol. The zero-order valence-electron chi connectivity index (χ0n) is 59.7. The van der Waals surface area contributed by atoms with Gasteiger partial charge in [0.1, 0.15) is 23.0 Å². The standard InChI is InChI=1S/C82H47F24N5O8/c1-38-3-20-60(107)67(41-6-14-45(15-7-41)72(113)117-57-32-50(77(89,90)91)27-51(33-57)78(92,93)94)63-23-24-64-68(42-8-16-46(17-9-42)73(114)118-58-34-52(79(95,96)97)28-53(35-58)80(98,99)100)61-21-22-62(108-61)69(43-10-18-47(19-11-43)74(115)119-59-36-54(81(101,102)103)29-55(37-59)82(104,105)106)70-39(2)25-65(111(70)109-110(63)64)66(38)40-4-12-44(13-5-40)71(112)116-56-30-48(75(83,84)85)26-49(31-56)76(86,87)88/h3-37,39,60,70,109H,107H2,1-2H3/b20-3?,66-38?,67-63-,68-64-,69-62-. The van der Waals surface area contributed by atoms with Crippen molar-refractivity contribution < 1.29 is 143 Å². The van der Waals surface area contributed by atoms with Crippen molar-refractivity contribution in [3.63, 3.8) is 0 Å². The van der Waals surface area contributed by atoms with Gasteiger partial charge in [0, 0.05) is 28.2 Å². The number of hydrogen-bond acceptors (Lipinski definition) is 12. The number of aromatic nitrogens is 1. The van der Waals surface area contributed by atoms with Gasteiger partial charge in [-0.25, -0.2) is 34.4 Å². The Kier molecular flexibility index (Phi) is 21.4. The fraction of sp³-hybridized carbons (Fsp3) is 0.159. The summed E-state index contributed by atoms with van der Waals surface area (Å²) in [6.07, 6.45) is -35.2. The number of hydrazine groups is 1. The number of ether oxygens (including phenoxy) is 4. The number of carbonyl (C=O) groups excluding carboxylic acids is 4. The molecule has 0 saturated heterocycles. The second kappa shape index (κ2) is 30.4. The lowest BCUT2D eigenvalue weighted by atomic mass is 9.89. The lowest BCUT2D eigenvalue weighted by Crippen LogP contribution is -2.50. The fourth-order valence-electron chi connectivity index (χ4n) is 13.4. The van der Waals surface area contributed by atoms with Crippen molar-refractivity contribution in [2.45, 2.75) is 75.3 Å². The first-order valence-corrected chi connectivity index (χ1v) is 34.2. The van der Waals surface area contributed by atoms with Crippen molar-refractivity contribution in [1.82, 2.24) is 9.69 Å². The van der Waals surface area contributed by atoms with Gasteiger partial charge in [0.2, 0.25) is 0 Å². The summed E-state index contributed by atoms with van der Waals surface area (Å²) in [5, 5.41) is 1.72. The third kappa shape index (κ3) is 17.8. The predicted molar refractivity (Wildman–Crippen MR) is 376 cm³/mol. The van der Waals surface area contributed by atoms with Crippen LogP contribution in [0, 0.1) is 5.92 Å². The minimum absolute atomic E-state index is 0.0425. The lowest BCUT2D eigenvalue weighted by molar-refractivity contribution is -0.144. The third-order valence-corrected chi connectivity index (χ3v) is 18.9. The van der Waals surface area contributed by atoms with E-state index in [1.807, 2.05) is 0 Å². The first-order chi connectivity index (χ1) is 55.3. The normalized spacial score (nSPS) is 18.2. The van der Waals surface area contributed by atoms with Crippen LogP contribution in [0.2, 0.25) is 0 Å². The summed E-state index contributed by atoms with van der Waals surface area (Å²) < 4.78 is 357. The van der Waals surface area contributed by atoms with Gasteiger partial charge in [-0.1, -0.05) is 73.7 Å². The molecule has 37 heteroatoms. The SMILES string of the molecule is CC1=C(c2ccc(C(=O)Oc3cc(C(F)(F)F)cc(C(F)(F)F)c3)cc2)C2=CC(C)C3/C(c4ccc(C(=O)Oc5cc(C(F)(F)F)cc(C(F)(F)F)c5)cc4)=C4/C=CC(=N4)/C(c4ccc(C(=O)Oc5cc(C(F)(F)F)cc(C(F)(F)F)c5)cc4)=c4/cc/c(n4NN23)=C(\c2ccc(C(=O)Oc3cc(C(F)(F)F)cc(C(F)(F)F)c3)cc2)C(N)C=C1. The van der Waals surface area contributed by atoms with Gasteiger partial charge in [0.25, 0.3) is 0 Å². The molecule has 0 fully saturated rings. The molecular formula is C82H47F24N5O8. The molecule has 4 bridgehead atoms. The molecule has 0 saturated carbocycles. The minimum atomic E-state index is -5.37. The van der Waals surface area contributed by atoms with Crippen LogP contribution in [0.15, 0.2) is 234 Å². The average Bonchev–Trinajstić information content (AvgIpc) is 1.58. The highest BCUT2D eigenvalue weighted by Gasteiger charge is 2.45. The van der Waals surface area contributed by atoms with E-state index < -0.39 is 181 Å². The van der Waals surface area contributed by atoms with Crippen LogP contribution < -0.4 is 40.9 Å². The quantitative estimate of drug-likeness (QED) is 0.0680. The van der Waals surface area contributed by atoms with E-state index in [1.165, 1.54) is 89.6 Å². The maximum absolute atomic E-state index is 14.0. The van der Waals surface area contributed by atoms with E-state index in [9.17, 15) is 125 Å². The summed E-state index contributed by atoms with van der Waals surface area (Å²) in [7, 11) is 0. The zero-order chi connectivity index (χ0) is 86.5. The van der Waals surface area contributed by atoms with E-state index in [-0.39, 0.29) is 151 Å². The molecule has 3 unspecified atom stereocenters. The Morgan fingerprint density at radius 3 is 0.983 bits per heavy atom. The van der Waals surface area contributed by atoms with E-state index >= 15 is 0 Å². The molecule has 1 aromatic heterocycles. The smallest absolute Gasteiger partial charge is 0.416 e. The van der Waals surface area contributed by atoms with Crippen molar-refractivity contribution in [3.05, 3.63) is 329 Å². The number of aliphatic imine (C=N–C) groups is 1. The van der Waals surface area contributed by atoms with Crippen molar-refractivity contribution >= 4 is 51.9 Å². The van der Waals surface area contributed by atoms with Crippen LogP contribution in [0.1, 0.15) is 122 Å². The number of alkyl halides is 24. The van der Waals surface area contributed by atoms with E-state index in [0.717, 1.165) is 48.5 Å². The third-order valence-electron chi connectivity index (χ3n) is 18.9. The van der Waals surface area contributed by atoms with Gasteiger partial charge < -0.3 is 24.7 Å². The fourth-order valence-corrected chi connectivity index (χ4v) is 13.4. The maximum Gasteiger partial charge on any atom is 0.416 e. The highest BCUT2D eigenvalue weighted by Crippen LogP contribution is 2.48. The molecule has 119 heavy (non-hydrogen) atoms. The first kappa shape index (κ1) is 83.8. The Hall–Kier alpha value is -13.1. The number of halogens is 24. The highest BCUT2D eigenvalue weighted by atomic mass is 19.4. The van der Waals surface area contributed by atoms with Crippen LogP contribution in [-0.4, -0.2) is 51.4 Å². The van der Waals surface area contributed by atoms with Crippen LogP contribution in [0.25, 0.3) is 22.3 Å². The second-order valence-electron chi connectivity index (χ2n) is 27.0. The van der Waals surface area contributed by atoms with Crippen molar-refractivity contribution in [3.8, 4) is 23.0 Å². The Bertz CT molecular complexity index is 5830. The van der Waals surface area contributed by atoms with Crippen molar-refractivity contribution in [1.29, 1.82) is 0 Å².